The smallest absolute Gasteiger partial charge is 0.253 e. The van der Waals surface area contributed by atoms with Crippen molar-refractivity contribution in [3.63, 3.8) is 0 Å². The molecule has 4 nitrogen and oxygen atoms in total. The Bertz CT molecular complexity index is 668. The van der Waals surface area contributed by atoms with Crippen LogP contribution in [0.5, 0.6) is 0 Å². The number of nitrogens with two attached hydrogens (primary N) is 1. The number of benzene rings is 2. The van der Waals surface area contributed by atoms with Crippen molar-refractivity contribution in [3.05, 3.63) is 68.8 Å². The molecular weight excluding hydrogens is 379 g/mol. The van der Waals surface area contributed by atoms with Gasteiger partial charge in [0.2, 0.25) is 5.91 Å². The molecular formula is C16H15IN2O2. The predicted octanol–water partition coefficient (Wildman–Crippen LogP) is 2.66. The van der Waals surface area contributed by atoms with Crippen LogP contribution in [0.15, 0.2) is 48.5 Å². The van der Waals surface area contributed by atoms with E-state index in [9.17, 15) is 9.59 Å². The molecule has 0 aliphatic heterocycles. The van der Waals surface area contributed by atoms with E-state index in [4.69, 9.17) is 5.73 Å². The average molecular weight is 394 g/mol. The second kappa shape index (κ2) is 6.71. The maximum absolute atomic E-state index is 12.3. The largest absolute Gasteiger partial charge is 0.366 e. The SMILES string of the molecule is CN(Cc1ccc(C(N)=O)cc1)C(=O)c1cccc(I)c1. The topological polar surface area (TPSA) is 63.4 Å². The minimum Gasteiger partial charge on any atom is -0.366 e. The Balaban J connectivity index is 2.08. The van der Waals surface area contributed by atoms with Gasteiger partial charge in [0, 0.05) is 28.3 Å². The van der Waals surface area contributed by atoms with E-state index in [1.165, 1.54) is 0 Å². The summed E-state index contributed by atoms with van der Waals surface area (Å²) in [6, 6.07) is 14.4. The number of amides is 2. The Morgan fingerprint density at radius 1 is 1.10 bits per heavy atom. The lowest BCUT2D eigenvalue weighted by molar-refractivity contribution is 0.0784. The summed E-state index contributed by atoms with van der Waals surface area (Å²) in [6.07, 6.45) is 0. The first-order chi connectivity index (χ1) is 9.97. The zero-order chi connectivity index (χ0) is 15.4. The van der Waals surface area contributed by atoms with Crippen molar-refractivity contribution in [2.45, 2.75) is 6.54 Å². The van der Waals surface area contributed by atoms with Gasteiger partial charge in [-0.2, -0.15) is 0 Å². The van der Waals surface area contributed by atoms with Crippen LogP contribution in [-0.4, -0.2) is 23.8 Å². The van der Waals surface area contributed by atoms with Gasteiger partial charge in [0.1, 0.15) is 0 Å². The normalized spacial score (nSPS) is 10.2. The summed E-state index contributed by atoms with van der Waals surface area (Å²) in [5.41, 5.74) is 7.27. The number of hydrogen-bond donors (Lipinski definition) is 1. The third kappa shape index (κ3) is 4.04. The van der Waals surface area contributed by atoms with E-state index in [1.54, 1.807) is 42.3 Å². The zero-order valence-corrected chi connectivity index (χ0v) is 13.7. The number of hydrogen-bond acceptors (Lipinski definition) is 2. The van der Waals surface area contributed by atoms with Gasteiger partial charge < -0.3 is 10.6 Å². The van der Waals surface area contributed by atoms with E-state index in [-0.39, 0.29) is 5.91 Å². The van der Waals surface area contributed by atoms with E-state index in [0.717, 1.165) is 9.13 Å². The molecule has 21 heavy (non-hydrogen) atoms. The number of rotatable bonds is 4. The molecule has 2 N–H and O–H groups in total. The van der Waals surface area contributed by atoms with E-state index in [0.29, 0.717) is 17.7 Å². The third-order valence-corrected chi connectivity index (χ3v) is 3.75. The molecule has 0 atom stereocenters. The maximum Gasteiger partial charge on any atom is 0.253 e. The van der Waals surface area contributed by atoms with E-state index in [1.807, 2.05) is 18.2 Å². The monoisotopic (exact) mass is 394 g/mol. The number of carbonyl (C=O) groups is 2. The molecule has 0 fully saturated rings. The van der Waals surface area contributed by atoms with E-state index >= 15 is 0 Å². The van der Waals surface area contributed by atoms with Crippen LogP contribution >= 0.6 is 22.6 Å². The van der Waals surface area contributed by atoms with Crippen molar-refractivity contribution < 1.29 is 9.59 Å². The second-order valence-electron chi connectivity index (χ2n) is 4.73. The Hall–Kier alpha value is -1.89. The summed E-state index contributed by atoms with van der Waals surface area (Å²) in [4.78, 5) is 25.0. The maximum atomic E-state index is 12.3. The number of nitrogens with zero attached hydrogens (tertiary/aromatic N) is 1. The van der Waals surface area contributed by atoms with Crippen LogP contribution in [0.2, 0.25) is 0 Å². The summed E-state index contributed by atoms with van der Waals surface area (Å²) in [5.74, 6) is -0.489. The highest BCUT2D eigenvalue weighted by atomic mass is 127. The molecule has 0 saturated heterocycles. The van der Waals surface area contributed by atoms with Crippen molar-refractivity contribution in [1.82, 2.24) is 4.90 Å². The zero-order valence-electron chi connectivity index (χ0n) is 11.5. The number of halogens is 1. The standard InChI is InChI=1S/C16H15IN2O2/c1-19(16(21)13-3-2-4-14(17)9-13)10-11-5-7-12(8-6-11)15(18)20/h2-9H,10H2,1H3,(H2,18,20). The molecule has 2 rings (SSSR count). The van der Waals surface area contributed by atoms with Gasteiger partial charge in [-0.15, -0.1) is 0 Å². The van der Waals surface area contributed by atoms with Crippen LogP contribution in [0, 0.1) is 3.57 Å². The lowest BCUT2D eigenvalue weighted by Gasteiger charge is -2.17. The molecule has 2 aromatic carbocycles. The van der Waals surface area contributed by atoms with Crippen LogP contribution in [0.4, 0.5) is 0 Å². The fraction of sp³-hybridized carbons (Fsp3) is 0.125. The lowest BCUT2D eigenvalue weighted by Crippen LogP contribution is -2.26. The van der Waals surface area contributed by atoms with E-state index < -0.39 is 5.91 Å². The molecule has 108 valence electrons. The molecule has 0 radical (unpaired) electrons. The van der Waals surface area contributed by atoms with Gasteiger partial charge in [0.05, 0.1) is 0 Å². The summed E-state index contributed by atoms with van der Waals surface area (Å²) < 4.78 is 1.03. The minimum absolute atomic E-state index is 0.0347. The first-order valence-corrected chi connectivity index (χ1v) is 7.45. The van der Waals surface area contributed by atoms with Gasteiger partial charge in [0.15, 0.2) is 0 Å². The molecule has 0 aliphatic rings. The first kappa shape index (κ1) is 15.5. The van der Waals surface area contributed by atoms with E-state index in [2.05, 4.69) is 22.6 Å². The van der Waals surface area contributed by atoms with Crippen molar-refractivity contribution >= 4 is 34.4 Å². The van der Waals surface area contributed by atoms with Crippen molar-refractivity contribution in [2.75, 3.05) is 7.05 Å². The lowest BCUT2D eigenvalue weighted by atomic mass is 10.1. The van der Waals surface area contributed by atoms with Gasteiger partial charge in [-0.3, -0.25) is 9.59 Å². The van der Waals surface area contributed by atoms with Gasteiger partial charge in [-0.1, -0.05) is 18.2 Å². The van der Waals surface area contributed by atoms with Gasteiger partial charge >= 0.3 is 0 Å². The van der Waals surface area contributed by atoms with Crippen molar-refractivity contribution in [3.8, 4) is 0 Å². The van der Waals surface area contributed by atoms with Crippen LogP contribution in [0.3, 0.4) is 0 Å². The summed E-state index contributed by atoms with van der Waals surface area (Å²) in [6.45, 7) is 0.476. The quantitative estimate of drug-likeness (QED) is 0.811. The highest BCUT2D eigenvalue weighted by molar-refractivity contribution is 14.1. The average Bonchev–Trinajstić information content (AvgIpc) is 2.47. The molecule has 2 aromatic rings. The fourth-order valence-corrected chi connectivity index (χ4v) is 2.51. The molecule has 0 spiro atoms. The minimum atomic E-state index is -0.454. The van der Waals surface area contributed by atoms with Crippen LogP contribution < -0.4 is 5.73 Å². The molecule has 0 aliphatic carbocycles. The summed E-state index contributed by atoms with van der Waals surface area (Å²) in [7, 11) is 1.75. The van der Waals surface area contributed by atoms with Crippen molar-refractivity contribution in [2.24, 2.45) is 5.73 Å². The summed E-state index contributed by atoms with van der Waals surface area (Å²) in [5, 5.41) is 0. The van der Waals surface area contributed by atoms with Crippen molar-refractivity contribution in [1.29, 1.82) is 0 Å². The van der Waals surface area contributed by atoms with Gasteiger partial charge in [0.25, 0.3) is 5.91 Å². The molecule has 5 heteroatoms. The number of carbonyl (C=O) groups excluding carboxylic acids is 2. The van der Waals surface area contributed by atoms with Crippen LogP contribution in [-0.2, 0) is 6.54 Å². The Labute approximate surface area is 137 Å². The predicted molar refractivity (Wildman–Crippen MR) is 89.9 cm³/mol. The second-order valence-corrected chi connectivity index (χ2v) is 5.98. The molecule has 0 bridgehead atoms. The Morgan fingerprint density at radius 3 is 2.33 bits per heavy atom. The third-order valence-electron chi connectivity index (χ3n) is 3.08. The van der Waals surface area contributed by atoms with Crippen LogP contribution in [0.25, 0.3) is 0 Å². The molecule has 0 saturated carbocycles. The fourth-order valence-electron chi connectivity index (χ4n) is 1.96. The Kier molecular flexibility index (Phi) is 4.95. The van der Waals surface area contributed by atoms with Crippen LogP contribution in [0.1, 0.15) is 26.3 Å². The molecule has 0 aromatic heterocycles. The van der Waals surface area contributed by atoms with Gasteiger partial charge in [-0.05, 0) is 58.5 Å². The Morgan fingerprint density at radius 2 is 1.76 bits per heavy atom. The molecule has 0 unspecified atom stereocenters. The number of primary amides is 1. The molecule has 0 heterocycles. The highest BCUT2D eigenvalue weighted by Gasteiger charge is 2.12. The molecule has 2 amide bonds. The first-order valence-electron chi connectivity index (χ1n) is 6.37. The van der Waals surface area contributed by atoms with Gasteiger partial charge in [-0.25, -0.2) is 0 Å². The summed E-state index contributed by atoms with van der Waals surface area (Å²) >= 11 is 2.18. The highest BCUT2D eigenvalue weighted by Crippen LogP contribution is 2.12.